The van der Waals surface area contributed by atoms with Gasteiger partial charge in [0.05, 0.1) is 33.9 Å². The summed E-state index contributed by atoms with van der Waals surface area (Å²) in [4.78, 5) is 19.8. The highest BCUT2D eigenvalue weighted by atomic mass is 35.5. The van der Waals surface area contributed by atoms with Crippen molar-refractivity contribution in [1.29, 1.82) is 0 Å². The Morgan fingerprint density at radius 1 is 1.36 bits per heavy atom. The number of aromatic carboxylic acids is 1. The number of halogens is 1. The lowest BCUT2D eigenvalue weighted by Crippen LogP contribution is -2.06. The van der Waals surface area contributed by atoms with Gasteiger partial charge in [0.1, 0.15) is 0 Å². The van der Waals surface area contributed by atoms with Crippen LogP contribution in [0.5, 0.6) is 0 Å². The highest BCUT2D eigenvalue weighted by Crippen LogP contribution is 2.28. The first-order valence-corrected chi connectivity index (χ1v) is 7.02. The molecule has 0 saturated carbocycles. The smallest absolute Gasteiger partial charge is 0.338 e. The minimum atomic E-state index is -1.10. The van der Waals surface area contributed by atoms with Gasteiger partial charge in [0.25, 0.3) is 0 Å². The average Bonchev–Trinajstić information content (AvgIpc) is 2.76. The predicted octanol–water partition coefficient (Wildman–Crippen LogP) is 2.84. The van der Waals surface area contributed by atoms with E-state index in [1.165, 1.54) is 6.20 Å². The van der Waals surface area contributed by atoms with Gasteiger partial charge < -0.3 is 5.11 Å². The van der Waals surface area contributed by atoms with Crippen molar-refractivity contribution < 1.29 is 9.90 Å². The molecule has 0 fully saturated rings. The third-order valence-corrected chi connectivity index (χ3v) is 3.75. The quantitative estimate of drug-likeness (QED) is 0.803. The third-order valence-electron chi connectivity index (χ3n) is 3.36. The number of nitrogens with zero attached hydrogens (tertiary/aromatic N) is 4. The molecule has 6 nitrogen and oxygen atoms in total. The van der Waals surface area contributed by atoms with E-state index in [2.05, 4.69) is 15.1 Å². The van der Waals surface area contributed by atoms with E-state index in [4.69, 9.17) is 16.7 Å². The Labute approximate surface area is 131 Å². The first kappa shape index (κ1) is 14.5. The highest BCUT2D eigenvalue weighted by Gasteiger charge is 2.18. The Morgan fingerprint density at radius 3 is 2.82 bits per heavy atom. The van der Waals surface area contributed by atoms with Crippen molar-refractivity contribution in [1.82, 2.24) is 19.7 Å². The van der Waals surface area contributed by atoms with E-state index in [1.54, 1.807) is 11.6 Å². The van der Waals surface area contributed by atoms with Crippen LogP contribution in [0.2, 0.25) is 5.02 Å². The molecule has 3 aromatic rings. The van der Waals surface area contributed by atoms with Crippen molar-refractivity contribution in [3.05, 3.63) is 52.1 Å². The molecule has 0 bridgehead atoms. The van der Waals surface area contributed by atoms with Crippen LogP contribution in [0.1, 0.15) is 27.4 Å². The van der Waals surface area contributed by atoms with Crippen LogP contribution in [0.4, 0.5) is 0 Å². The van der Waals surface area contributed by atoms with Gasteiger partial charge >= 0.3 is 5.97 Å². The molecule has 0 aromatic carbocycles. The lowest BCUT2D eigenvalue weighted by atomic mass is 10.2. The van der Waals surface area contributed by atoms with Gasteiger partial charge in [-0.1, -0.05) is 17.7 Å². The molecule has 1 N–H and O–H groups in total. The molecule has 0 aliphatic heterocycles. The molecule has 7 heteroatoms. The first-order chi connectivity index (χ1) is 10.5. The number of carboxylic acid groups (broad SMARTS) is 1. The van der Waals surface area contributed by atoms with Crippen LogP contribution in [0.25, 0.3) is 11.0 Å². The van der Waals surface area contributed by atoms with Crippen molar-refractivity contribution in [2.45, 2.75) is 20.4 Å². The molecule has 0 amide bonds. The first-order valence-electron chi connectivity index (χ1n) is 6.65. The van der Waals surface area contributed by atoms with Crippen molar-refractivity contribution in [3.8, 4) is 0 Å². The molecule has 112 valence electrons. The molecule has 3 rings (SSSR count). The molecule has 3 heterocycles. The lowest BCUT2D eigenvalue weighted by Gasteiger charge is -2.04. The minimum absolute atomic E-state index is 0.0227. The zero-order chi connectivity index (χ0) is 15.9. The van der Waals surface area contributed by atoms with E-state index in [0.717, 1.165) is 11.4 Å². The van der Waals surface area contributed by atoms with Gasteiger partial charge in [-0.2, -0.15) is 5.10 Å². The Bertz CT molecular complexity index is 889. The summed E-state index contributed by atoms with van der Waals surface area (Å²) in [6, 6.07) is 5.76. The fourth-order valence-electron chi connectivity index (χ4n) is 2.37. The summed E-state index contributed by atoms with van der Waals surface area (Å²) < 4.78 is 1.68. The number of carbonyl (C=O) groups is 1. The molecule has 0 saturated heterocycles. The van der Waals surface area contributed by atoms with Crippen LogP contribution in [0, 0.1) is 13.8 Å². The second-order valence-corrected chi connectivity index (χ2v) is 5.38. The lowest BCUT2D eigenvalue weighted by molar-refractivity contribution is 0.0697. The van der Waals surface area contributed by atoms with Gasteiger partial charge in [0.2, 0.25) is 0 Å². The van der Waals surface area contributed by atoms with Crippen LogP contribution in [-0.2, 0) is 6.54 Å². The molecule has 0 radical (unpaired) electrons. The number of carboxylic acids is 1. The maximum atomic E-state index is 11.2. The number of hydrogen-bond acceptors (Lipinski definition) is 4. The summed E-state index contributed by atoms with van der Waals surface area (Å²) in [5.41, 5.74) is 2.94. The summed E-state index contributed by atoms with van der Waals surface area (Å²) in [6.07, 6.45) is 1.26. The van der Waals surface area contributed by atoms with Crippen LogP contribution in [0.15, 0.2) is 24.4 Å². The van der Waals surface area contributed by atoms with Crippen LogP contribution in [0.3, 0.4) is 0 Å². The number of rotatable bonds is 3. The van der Waals surface area contributed by atoms with Gasteiger partial charge in [-0.3, -0.25) is 4.98 Å². The standard InChI is InChI=1S/C15H13ClN4O2/c1-8-4-3-5-10(18-8)7-20-14-12(9(2)19-20)13(16)11(6-17-14)15(21)22/h3-6H,7H2,1-2H3,(H,21,22). The zero-order valence-corrected chi connectivity index (χ0v) is 12.8. The van der Waals surface area contributed by atoms with Crippen molar-refractivity contribution >= 4 is 28.6 Å². The fourth-order valence-corrected chi connectivity index (χ4v) is 2.73. The molecule has 0 atom stereocenters. The zero-order valence-electron chi connectivity index (χ0n) is 12.0. The van der Waals surface area contributed by atoms with E-state index in [1.807, 2.05) is 25.1 Å². The number of aromatic nitrogens is 4. The van der Waals surface area contributed by atoms with E-state index < -0.39 is 5.97 Å². The largest absolute Gasteiger partial charge is 0.478 e. The second-order valence-electron chi connectivity index (χ2n) is 5.00. The number of aryl methyl sites for hydroxylation is 2. The average molecular weight is 317 g/mol. The number of fused-ring (bicyclic) bond motifs is 1. The summed E-state index contributed by atoms with van der Waals surface area (Å²) in [5, 5.41) is 14.3. The van der Waals surface area contributed by atoms with Crippen LogP contribution in [-0.4, -0.2) is 30.8 Å². The maximum Gasteiger partial charge on any atom is 0.338 e. The normalized spacial score (nSPS) is 11.0. The summed E-state index contributed by atoms with van der Waals surface area (Å²) >= 11 is 6.19. The molecule has 3 aromatic heterocycles. The second kappa shape index (κ2) is 5.38. The van der Waals surface area contributed by atoms with Crippen LogP contribution < -0.4 is 0 Å². The maximum absolute atomic E-state index is 11.2. The molecule has 0 aliphatic rings. The van der Waals surface area contributed by atoms with E-state index in [0.29, 0.717) is 23.3 Å². The summed E-state index contributed by atoms with van der Waals surface area (Å²) in [6.45, 7) is 4.15. The Kier molecular flexibility index (Phi) is 3.54. The van der Waals surface area contributed by atoms with Crippen molar-refractivity contribution in [2.75, 3.05) is 0 Å². The van der Waals surface area contributed by atoms with Crippen molar-refractivity contribution in [3.63, 3.8) is 0 Å². The summed E-state index contributed by atoms with van der Waals surface area (Å²) in [7, 11) is 0. The molecule has 22 heavy (non-hydrogen) atoms. The third kappa shape index (κ3) is 2.42. The van der Waals surface area contributed by atoms with Gasteiger partial charge in [-0.15, -0.1) is 0 Å². The van der Waals surface area contributed by atoms with E-state index >= 15 is 0 Å². The monoisotopic (exact) mass is 316 g/mol. The Balaban J connectivity index is 2.12. The Morgan fingerprint density at radius 2 is 2.14 bits per heavy atom. The predicted molar refractivity (Wildman–Crippen MR) is 82.3 cm³/mol. The molecule has 0 unspecified atom stereocenters. The minimum Gasteiger partial charge on any atom is -0.478 e. The van der Waals surface area contributed by atoms with Crippen LogP contribution >= 0.6 is 11.6 Å². The Hall–Kier alpha value is -2.47. The molecule has 0 aliphatic carbocycles. The van der Waals surface area contributed by atoms with E-state index in [9.17, 15) is 4.79 Å². The van der Waals surface area contributed by atoms with Gasteiger partial charge in [-0.05, 0) is 26.0 Å². The fraction of sp³-hybridized carbons (Fsp3) is 0.200. The van der Waals surface area contributed by atoms with E-state index in [-0.39, 0.29) is 10.6 Å². The summed E-state index contributed by atoms with van der Waals surface area (Å²) in [5.74, 6) is -1.10. The topological polar surface area (TPSA) is 80.9 Å². The molecular weight excluding hydrogens is 304 g/mol. The van der Waals surface area contributed by atoms with Gasteiger partial charge in [0.15, 0.2) is 5.65 Å². The number of pyridine rings is 2. The van der Waals surface area contributed by atoms with Gasteiger partial charge in [0, 0.05) is 11.9 Å². The molecular formula is C15H13ClN4O2. The molecule has 0 spiro atoms. The van der Waals surface area contributed by atoms with Crippen molar-refractivity contribution in [2.24, 2.45) is 0 Å². The SMILES string of the molecule is Cc1cccc(Cn2nc(C)c3c(Cl)c(C(=O)O)cnc32)n1. The van der Waals surface area contributed by atoms with Gasteiger partial charge in [-0.25, -0.2) is 14.5 Å². The number of hydrogen-bond donors (Lipinski definition) is 1. The highest BCUT2D eigenvalue weighted by molar-refractivity contribution is 6.38.